The number of nitrogens with zero attached hydrogens (tertiary/aromatic N) is 1. The van der Waals surface area contributed by atoms with Gasteiger partial charge in [-0.2, -0.15) is 0 Å². The third-order valence-electron chi connectivity index (χ3n) is 5.04. The molecule has 1 aliphatic heterocycles. The van der Waals surface area contributed by atoms with E-state index in [-0.39, 0.29) is 29.9 Å². The lowest BCUT2D eigenvalue weighted by Crippen LogP contribution is -2.31. The molecule has 8 heteroatoms. The van der Waals surface area contributed by atoms with Gasteiger partial charge in [0.1, 0.15) is 17.2 Å². The summed E-state index contributed by atoms with van der Waals surface area (Å²) in [6, 6.07) is 23.2. The van der Waals surface area contributed by atoms with Crippen LogP contribution in [0.4, 0.5) is 11.4 Å². The Balaban J connectivity index is 1.26. The molecule has 0 radical (unpaired) electrons. The highest BCUT2D eigenvalue weighted by molar-refractivity contribution is 8.01. The Kier molecular flexibility index (Phi) is 7.49. The van der Waals surface area contributed by atoms with Crippen molar-refractivity contribution in [2.24, 2.45) is 0 Å². The van der Waals surface area contributed by atoms with Crippen LogP contribution in [-0.4, -0.2) is 35.3 Å². The Morgan fingerprint density at radius 3 is 2.21 bits per heavy atom. The largest absolute Gasteiger partial charge is 0.494 e. The van der Waals surface area contributed by atoms with Crippen molar-refractivity contribution in [3.05, 3.63) is 78.9 Å². The molecule has 0 bridgehead atoms. The van der Waals surface area contributed by atoms with E-state index < -0.39 is 5.25 Å². The van der Waals surface area contributed by atoms with Crippen LogP contribution in [0.3, 0.4) is 0 Å². The molecule has 0 saturated carbocycles. The zero-order valence-electron chi connectivity index (χ0n) is 18.6. The third-order valence-corrected chi connectivity index (χ3v) is 6.24. The standard InChI is InChI=1S/C26H24N2O5S/c1-2-32-20-12-14-22(15-13-20)33-21-10-8-18(9-11-21)27-24(29)17-34-23-16-25(30)28(26(23)31)19-6-4-3-5-7-19/h3-15,23H,2,16-17H2,1H3,(H,27,29). The average molecular weight is 477 g/mol. The van der Waals surface area contributed by atoms with Crippen molar-refractivity contribution >= 4 is 40.9 Å². The van der Waals surface area contributed by atoms with Gasteiger partial charge in [-0.15, -0.1) is 11.8 Å². The van der Waals surface area contributed by atoms with Crippen molar-refractivity contribution in [3.8, 4) is 17.2 Å². The van der Waals surface area contributed by atoms with Gasteiger partial charge < -0.3 is 14.8 Å². The third kappa shape index (κ3) is 5.77. The van der Waals surface area contributed by atoms with Crippen LogP contribution in [0.25, 0.3) is 0 Å². The van der Waals surface area contributed by atoms with Crippen molar-refractivity contribution in [2.45, 2.75) is 18.6 Å². The second kappa shape index (κ2) is 10.9. The number of hydrogen-bond donors (Lipinski definition) is 1. The predicted octanol–water partition coefficient (Wildman–Crippen LogP) is 4.88. The Bertz CT molecular complexity index is 1150. The molecule has 1 N–H and O–H groups in total. The Morgan fingerprint density at radius 2 is 1.56 bits per heavy atom. The number of hydrogen-bond acceptors (Lipinski definition) is 6. The smallest absolute Gasteiger partial charge is 0.247 e. The highest BCUT2D eigenvalue weighted by Gasteiger charge is 2.39. The van der Waals surface area contributed by atoms with Gasteiger partial charge >= 0.3 is 0 Å². The molecule has 34 heavy (non-hydrogen) atoms. The highest BCUT2D eigenvalue weighted by atomic mass is 32.2. The number of thioether (sulfide) groups is 1. The summed E-state index contributed by atoms with van der Waals surface area (Å²) in [6.45, 7) is 2.53. The number of imide groups is 1. The SMILES string of the molecule is CCOc1ccc(Oc2ccc(NC(=O)CSC3CC(=O)N(c4ccccc4)C3=O)cc2)cc1. The number of amides is 3. The Labute approximate surface area is 202 Å². The Hall–Kier alpha value is -3.78. The summed E-state index contributed by atoms with van der Waals surface area (Å²) in [4.78, 5) is 38.5. The van der Waals surface area contributed by atoms with Crippen LogP contribution in [-0.2, 0) is 14.4 Å². The van der Waals surface area contributed by atoms with E-state index in [9.17, 15) is 14.4 Å². The van der Waals surface area contributed by atoms with Crippen LogP contribution in [0.1, 0.15) is 13.3 Å². The molecule has 0 spiro atoms. The molecule has 1 unspecified atom stereocenters. The summed E-state index contributed by atoms with van der Waals surface area (Å²) < 4.78 is 11.2. The van der Waals surface area contributed by atoms with Crippen molar-refractivity contribution in [3.63, 3.8) is 0 Å². The first kappa shape index (κ1) is 23.4. The molecular formula is C26H24N2O5S. The van der Waals surface area contributed by atoms with E-state index in [1.807, 2.05) is 37.3 Å². The topological polar surface area (TPSA) is 84.9 Å². The average Bonchev–Trinajstić information content (AvgIpc) is 3.14. The number of rotatable bonds is 9. The van der Waals surface area contributed by atoms with Crippen LogP contribution in [0.5, 0.6) is 17.2 Å². The van der Waals surface area contributed by atoms with Gasteiger partial charge in [0.15, 0.2) is 0 Å². The minimum Gasteiger partial charge on any atom is -0.494 e. The quantitative estimate of drug-likeness (QED) is 0.443. The van der Waals surface area contributed by atoms with Crippen LogP contribution in [0.2, 0.25) is 0 Å². The van der Waals surface area contributed by atoms with Crippen molar-refractivity contribution in [2.75, 3.05) is 22.6 Å². The summed E-state index contributed by atoms with van der Waals surface area (Å²) in [6.07, 6.45) is 0.0866. The van der Waals surface area contributed by atoms with Gasteiger partial charge in [-0.25, -0.2) is 4.90 Å². The molecule has 1 atom stereocenters. The van der Waals surface area contributed by atoms with Gasteiger partial charge in [0.25, 0.3) is 0 Å². The molecule has 7 nitrogen and oxygen atoms in total. The summed E-state index contributed by atoms with van der Waals surface area (Å²) in [7, 11) is 0. The molecule has 1 saturated heterocycles. The van der Waals surface area contributed by atoms with Crippen LogP contribution in [0, 0.1) is 0 Å². The second-order valence-corrected chi connectivity index (χ2v) is 8.68. The first-order chi connectivity index (χ1) is 16.5. The normalized spacial score (nSPS) is 15.3. The van der Waals surface area contributed by atoms with Crippen molar-refractivity contribution in [1.29, 1.82) is 0 Å². The van der Waals surface area contributed by atoms with E-state index in [2.05, 4.69) is 5.32 Å². The number of carbonyl (C=O) groups is 3. The predicted molar refractivity (Wildman–Crippen MR) is 133 cm³/mol. The first-order valence-corrected chi connectivity index (χ1v) is 11.9. The fourth-order valence-electron chi connectivity index (χ4n) is 3.47. The molecule has 4 rings (SSSR count). The highest BCUT2D eigenvalue weighted by Crippen LogP contribution is 2.30. The molecule has 3 aromatic carbocycles. The summed E-state index contributed by atoms with van der Waals surface area (Å²) in [5.74, 6) is 1.37. The summed E-state index contributed by atoms with van der Waals surface area (Å²) in [5, 5.41) is 2.24. The zero-order chi connectivity index (χ0) is 23.9. The van der Waals surface area contributed by atoms with Gasteiger partial charge in [0.2, 0.25) is 17.7 Å². The van der Waals surface area contributed by atoms with Crippen LogP contribution < -0.4 is 19.7 Å². The molecule has 174 valence electrons. The monoisotopic (exact) mass is 476 g/mol. The van der Waals surface area contributed by atoms with Crippen molar-refractivity contribution < 1.29 is 23.9 Å². The lowest BCUT2D eigenvalue weighted by Gasteiger charge is -2.14. The van der Waals surface area contributed by atoms with Crippen LogP contribution in [0.15, 0.2) is 78.9 Å². The maximum absolute atomic E-state index is 12.7. The molecule has 3 aromatic rings. The fraction of sp³-hybridized carbons (Fsp3) is 0.192. The number of benzene rings is 3. The molecular weight excluding hydrogens is 452 g/mol. The van der Waals surface area contributed by atoms with E-state index in [0.717, 1.165) is 5.75 Å². The number of anilines is 2. The van der Waals surface area contributed by atoms with Gasteiger partial charge in [0, 0.05) is 12.1 Å². The number of nitrogens with one attached hydrogen (secondary N) is 1. The van der Waals surface area contributed by atoms with Crippen molar-refractivity contribution in [1.82, 2.24) is 0 Å². The number of ether oxygens (including phenoxy) is 2. The molecule has 1 heterocycles. The number of carbonyl (C=O) groups excluding carboxylic acids is 3. The Morgan fingerprint density at radius 1 is 0.941 bits per heavy atom. The maximum Gasteiger partial charge on any atom is 0.247 e. The van der Waals surface area contributed by atoms with Gasteiger partial charge in [-0.05, 0) is 67.6 Å². The lowest BCUT2D eigenvalue weighted by atomic mass is 10.3. The molecule has 1 fully saturated rings. The molecule has 0 aliphatic carbocycles. The summed E-state index contributed by atoms with van der Waals surface area (Å²) in [5.41, 5.74) is 1.17. The molecule has 1 aliphatic rings. The van der Waals surface area contributed by atoms with Gasteiger partial charge in [0.05, 0.1) is 23.3 Å². The van der Waals surface area contributed by atoms with E-state index in [0.29, 0.717) is 29.5 Å². The first-order valence-electron chi connectivity index (χ1n) is 10.9. The molecule has 0 aromatic heterocycles. The van der Waals surface area contributed by atoms with Gasteiger partial charge in [-0.3, -0.25) is 14.4 Å². The zero-order valence-corrected chi connectivity index (χ0v) is 19.4. The molecule has 3 amide bonds. The van der Waals surface area contributed by atoms with E-state index >= 15 is 0 Å². The summed E-state index contributed by atoms with van der Waals surface area (Å²) >= 11 is 1.17. The minimum absolute atomic E-state index is 0.0662. The lowest BCUT2D eigenvalue weighted by molar-refractivity contribution is -0.121. The van der Waals surface area contributed by atoms with E-state index in [4.69, 9.17) is 9.47 Å². The minimum atomic E-state index is -0.566. The van der Waals surface area contributed by atoms with Crippen LogP contribution >= 0.6 is 11.8 Å². The fourth-order valence-corrected chi connectivity index (χ4v) is 4.40. The van der Waals surface area contributed by atoms with E-state index in [1.165, 1.54) is 16.7 Å². The van der Waals surface area contributed by atoms with E-state index in [1.54, 1.807) is 48.5 Å². The number of para-hydroxylation sites is 1. The van der Waals surface area contributed by atoms with Gasteiger partial charge in [-0.1, -0.05) is 18.2 Å². The second-order valence-electron chi connectivity index (χ2n) is 7.49. The maximum atomic E-state index is 12.7.